The van der Waals surface area contributed by atoms with E-state index in [-0.39, 0.29) is 4.90 Å². The van der Waals surface area contributed by atoms with Gasteiger partial charge < -0.3 is 14.8 Å². The van der Waals surface area contributed by atoms with Crippen molar-refractivity contribution in [1.82, 2.24) is 0 Å². The summed E-state index contributed by atoms with van der Waals surface area (Å²) in [5.74, 6) is -3.00. The Hall–Kier alpha value is -2.46. The molecule has 1 unspecified atom stereocenters. The maximum atomic E-state index is 12.2. The molecule has 3 N–H and O–H groups in total. The fourth-order valence-corrected chi connectivity index (χ4v) is 2.18. The first-order chi connectivity index (χ1) is 11.0. The van der Waals surface area contributed by atoms with Gasteiger partial charge in [-0.25, -0.2) is 13.6 Å². The highest BCUT2D eigenvalue weighted by atomic mass is 32.2. The van der Waals surface area contributed by atoms with Crippen LogP contribution in [0.2, 0.25) is 0 Å². The molecule has 0 aliphatic carbocycles. The number of nitrogens with one attached hydrogen (secondary N) is 1. The summed E-state index contributed by atoms with van der Waals surface area (Å²) >= 11 is 0. The predicted octanol–water partition coefficient (Wildman–Crippen LogP) is 0.361. The van der Waals surface area contributed by atoms with Crippen LogP contribution in [0, 0.1) is 5.92 Å². The number of benzene rings is 1. The summed E-state index contributed by atoms with van der Waals surface area (Å²) in [6, 6.07) is 5.14. The van der Waals surface area contributed by atoms with Crippen molar-refractivity contribution in [1.29, 1.82) is 0 Å². The van der Waals surface area contributed by atoms with Crippen LogP contribution in [0.3, 0.4) is 0 Å². The number of carbonyl (C=O) groups excluding carboxylic acids is 3. The second-order valence-electron chi connectivity index (χ2n) is 4.93. The number of anilines is 1. The van der Waals surface area contributed by atoms with Crippen LogP contribution in [-0.4, -0.2) is 32.6 Å². The van der Waals surface area contributed by atoms with E-state index in [0.29, 0.717) is 5.69 Å². The molecule has 1 aromatic rings. The highest BCUT2D eigenvalue weighted by Gasteiger charge is 2.29. The van der Waals surface area contributed by atoms with Gasteiger partial charge in [-0.05, 0) is 31.2 Å². The zero-order valence-corrected chi connectivity index (χ0v) is 14.1. The number of primary sulfonamides is 1. The Morgan fingerprint density at radius 2 is 1.50 bits per heavy atom. The van der Waals surface area contributed by atoms with Crippen LogP contribution >= 0.6 is 0 Å². The number of esters is 2. The third-order valence-corrected chi connectivity index (χ3v) is 3.77. The number of ether oxygens (including phenoxy) is 2. The molecule has 0 bridgehead atoms. The van der Waals surface area contributed by atoms with E-state index in [1.54, 1.807) is 0 Å². The Bertz CT molecular complexity index is 712. The number of hydrogen-bond donors (Lipinski definition) is 2. The minimum atomic E-state index is -3.83. The van der Waals surface area contributed by atoms with Crippen LogP contribution in [0.25, 0.3) is 0 Å². The Labute approximate surface area is 139 Å². The largest absolute Gasteiger partial charge is 0.424 e. The minimum absolute atomic E-state index is 0.105. The smallest absolute Gasteiger partial charge is 0.305 e. The summed E-state index contributed by atoms with van der Waals surface area (Å²) in [5, 5.41) is 7.47. The lowest BCUT2D eigenvalue weighted by Gasteiger charge is -2.22. The van der Waals surface area contributed by atoms with Gasteiger partial charge in [-0.1, -0.05) is 0 Å². The molecule has 1 rings (SSSR count). The second kappa shape index (κ2) is 7.88. The molecule has 0 saturated heterocycles. The topological polar surface area (TPSA) is 142 Å². The van der Waals surface area contributed by atoms with Gasteiger partial charge in [0.05, 0.1) is 4.90 Å². The molecule has 24 heavy (non-hydrogen) atoms. The fraction of sp³-hybridized carbons (Fsp3) is 0.357. The number of rotatable bonds is 6. The molecule has 0 spiro atoms. The van der Waals surface area contributed by atoms with E-state index in [4.69, 9.17) is 14.6 Å². The molecular weight excluding hydrogens is 340 g/mol. The summed E-state index contributed by atoms with van der Waals surface area (Å²) in [6.45, 7) is 3.64. The molecule has 1 aromatic carbocycles. The lowest BCUT2D eigenvalue weighted by molar-refractivity contribution is -0.193. The Balaban J connectivity index is 2.84. The number of hydrogen-bond acceptors (Lipinski definition) is 7. The summed E-state index contributed by atoms with van der Waals surface area (Å²) in [6.07, 6.45) is -1.37. The first kappa shape index (κ1) is 19.6. The quantitative estimate of drug-likeness (QED) is 0.552. The van der Waals surface area contributed by atoms with Crippen molar-refractivity contribution in [3.05, 3.63) is 24.3 Å². The maximum absolute atomic E-state index is 12.2. The molecule has 0 saturated carbocycles. The summed E-state index contributed by atoms with van der Waals surface area (Å²) in [4.78, 5) is 34.1. The summed E-state index contributed by atoms with van der Waals surface area (Å²) in [7, 11) is -3.83. The zero-order chi connectivity index (χ0) is 18.5. The standard InChI is InChI=1S/C14H18N2O7S/c1-8(14(22-9(2)17)23-10(3)18)13(19)16-11-4-6-12(7-5-11)24(15,20)21/h4-8,14H,1-3H3,(H,16,19)(H2,15,20,21). The number of sulfonamides is 1. The summed E-state index contributed by atoms with van der Waals surface area (Å²) < 4.78 is 31.9. The van der Waals surface area contributed by atoms with Crippen LogP contribution in [-0.2, 0) is 33.9 Å². The van der Waals surface area contributed by atoms with Crippen LogP contribution in [0.5, 0.6) is 0 Å². The van der Waals surface area contributed by atoms with Crippen molar-refractivity contribution in [2.24, 2.45) is 11.1 Å². The Morgan fingerprint density at radius 3 is 1.88 bits per heavy atom. The Kier molecular flexibility index (Phi) is 6.43. The zero-order valence-electron chi connectivity index (χ0n) is 13.3. The van der Waals surface area contributed by atoms with Crippen LogP contribution < -0.4 is 10.5 Å². The van der Waals surface area contributed by atoms with E-state index < -0.39 is 40.1 Å². The van der Waals surface area contributed by atoms with Gasteiger partial charge in [-0.3, -0.25) is 14.4 Å². The van der Waals surface area contributed by atoms with Gasteiger partial charge in [0.25, 0.3) is 6.29 Å². The van der Waals surface area contributed by atoms with E-state index in [2.05, 4.69) is 5.32 Å². The lowest BCUT2D eigenvalue weighted by Crippen LogP contribution is -2.36. The van der Waals surface area contributed by atoms with E-state index >= 15 is 0 Å². The van der Waals surface area contributed by atoms with Crippen molar-refractivity contribution in [3.8, 4) is 0 Å². The maximum Gasteiger partial charge on any atom is 0.305 e. The third kappa shape index (κ3) is 5.97. The van der Waals surface area contributed by atoms with Crippen LogP contribution in [0.4, 0.5) is 5.69 Å². The average molecular weight is 358 g/mol. The second-order valence-corrected chi connectivity index (χ2v) is 6.50. The fourth-order valence-electron chi connectivity index (χ4n) is 1.66. The van der Waals surface area contributed by atoms with Gasteiger partial charge in [0, 0.05) is 19.5 Å². The molecule has 10 heteroatoms. The van der Waals surface area contributed by atoms with Crippen molar-refractivity contribution in [2.75, 3.05) is 5.32 Å². The molecule has 0 fully saturated rings. The molecule has 1 amide bonds. The van der Waals surface area contributed by atoms with Crippen molar-refractivity contribution >= 4 is 33.6 Å². The molecule has 9 nitrogen and oxygen atoms in total. The third-order valence-electron chi connectivity index (χ3n) is 2.84. The monoisotopic (exact) mass is 358 g/mol. The van der Waals surface area contributed by atoms with E-state index in [1.807, 2.05) is 0 Å². The van der Waals surface area contributed by atoms with Crippen LogP contribution in [0.1, 0.15) is 20.8 Å². The minimum Gasteiger partial charge on any atom is -0.424 e. The van der Waals surface area contributed by atoms with Gasteiger partial charge in [0.2, 0.25) is 15.9 Å². The highest BCUT2D eigenvalue weighted by Crippen LogP contribution is 2.16. The van der Waals surface area contributed by atoms with Gasteiger partial charge in [-0.15, -0.1) is 0 Å². The van der Waals surface area contributed by atoms with E-state index in [9.17, 15) is 22.8 Å². The van der Waals surface area contributed by atoms with Gasteiger partial charge in [0.15, 0.2) is 0 Å². The summed E-state index contributed by atoms with van der Waals surface area (Å²) in [5.41, 5.74) is 0.295. The van der Waals surface area contributed by atoms with E-state index in [0.717, 1.165) is 13.8 Å². The molecule has 0 aromatic heterocycles. The molecule has 0 aliphatic rings. The molecule has 0 aliphatic heterocycles. The normalized spacial score (nSPS) is 12.4. The highest BCUT2D eigenvalue weighted by molar-refractivity contribution is 7.89. The number of amides is 1. The van der Waals surface area contributed by atoms with Gasteiger partial charge in [-0.2, -0.15) is 0 Å². The molecule has 132 valence electrons. The van der Waals surface area contributed by atoms with Crippen molar-refractivity contribution < 1.29 is 32.3 Å². The SMILES string of the molecule is CC(=O)OC(OC(C)=O)C(C)C(=O)Nc1ccc(S(N)(=O)=O)cc1. The molecule has 1 atom stereocenters. The first-order valence-electron chi connectivity index (χ1n) is 6.79. The number of carbonyl (C=O) groups is 3. The molecular formula is C14H18N2O7S. The first-order valence-corrected chi connectivity index (χ1v) is 8.33. The van der Waals surface area contributed by atoms with Crippen molar-refractivity contribution in [2.45, 2.75) is 32.0 Å². The van der Waals surface area contributed by atoms with E-state index in [1.165, 1.54) is 31.2 Å². The van der Waals surface area contributed by atoms with Gasteiger partial charge >= 0.3 is 11.9 Å². The predicted molar refractivity (Wildman–Crippen MR) is 82.9 cm³/mol. The van der Waals surface area contributed by atoms with Crippen molar-refractivity contribution in [3.63, 3.8) is 0 Å². The number of nitrogens with two attached hydrogens (primary N) is 1. The lowest BCUT2D eigenvalue weighted by atomic mass is 10.1. The van der Waals surface area contributed by atoms with Crippen LogP contribution in [0.15, 0.2) is 29.2 Å². The average Bonchev–Trinajstić information content (AvgIpc) is 2.44. The molecule has 0 radical (unpaired) electrons. The Morgan fingerprint density at radius 1 is 1.04 bits per heavy atom. The molecule has 0 heterocycles. The van der Waals surface area contributed by atoms with Gasteiger partial charge in [0.1, 0.15) is 5.92 Å².